The van der Waals surface area contributed by atoms with Gasteiger partial charge >= 0.3 is 0 Å². The van der Waals surface area contributed by atoms with Gasteiger partial charge in [0.1, 0.15) is 11.9 Å². The van der Waals surface area contributed by atoms with Crippen LogP contribution in [0.3, 0.4) is 0 Å². The normalized spacial score (nSPS) is 22.2. The van der Waals surface area contributed by atoms with E-state index < -0.39 is 0 Å². The Morgan fingerprint density at radius 2 is 2.26 bits per heavy atom. The Hall–Kier alpha value is -1.60. The van der Waals surface area contributed by atoms with Gasteiger partial charge in [0.15, 0.2) is 0 Å². The van der Waals surface area contributed by atoms with Crippen LogP contribution in [0.4, 0.5) is 5.82 Å². The maximum absolute atomic E-state index is 9.25. The van der Waals surface area contributed by atoms with Crippen LogP contribution in [0.5, 0.6) is 0 Å². The first-order valence-electron chi connectivity index (χ1n) is 7.20. The van der Waals surface area contributed by atoms with Crippen molar-refractivity contribution in [2.75, 3.05) is 24.5 Å². The molecule has 4 heteroatoms. The van der Waals surface area contributed by atoms with Crippen LogP contribution in [0.2, 0.25) is 0 Å². The lowest BCUT2D eigenvalue weighted by Crippen LogP contribution is -2.39. The summed E-state index contributed by atoms with van der Waals surface area (Å²) in [7, 11) is 0. The quantitative estimate of drug-likeness (QED) is 0.874. The van der Waals surface area contributed by atoms with E-state index >= 15 is 0 Å². The van der Waals surface area contributed by atoms with E-state index in [1.54, 1.807) is 6.20 Å². The first-order chi connectivity index (χ1) is 9.36. The van der Waals surface area contributed by atoms with E-state index in [2.05, 4.69) is 21.3 Å². The average Bonchev–Trinajstić information content (AvgIpc) is 3.12. The number of rotatable bonds is 5. The molecule has 0 aromatic carbocycles. The smallest absolute Gasteiger partial charge is 0.146 e. The number of anilines is 1. The fourth-order valence-corrected chi connectivity index (χ4v) is 2.77. The highest BCUT2D eigenvalue weighted by molar-refractivity contribution is 5.53. The lowest BCUT2D eigenvalue weighted by molar-refractivity contribution is 0.567. The summed E-state index contributed by atoms with van der Waals surface area (Å²) in [5.74, 6) is 1.67. The number of pyridine rings is 1. The van der Waals surface area contributed by atoms with Crippen molar-refractivity contribution in [3.8, 4) is 6.07 Å². The molecule has 1 N–H and O–H groups in total. The van der Waals surface area contributed by atoms with E-state index in [4.69, 9.17) is 0 Å². The summed E-state index contributed by atoms with van der Waals surface area (Å²) in [6.45, 7) is 3.14. The predicted molar refractivity (Wildman–Crippen MR) is 74.9 cm³/mol. The maximum atomic E-state index is 9.25. The zero-order valence-electron chi connectivity index (χ0n) is 11.2. The molecule has 1 aromatic heterocycles. The number of nitriles is 1. The van der Waals surface area contributed by atoms with Gasteiger partial charge in [-0.25, -0.2) is 4.98 Å². The van der Waals surface area contributed by atoms with Crippen molar-refractivity contribution in [2.45, 2.75) is 31.7 Å². The molecule has 0 spiro atoms. The van der Waals surface area contributed by atoms with Gasteiger partial charge in [0.25, 0.3) is 0 Å². The first-order valence-corrected chi connectivity index (χ1v) is 7.20. The van der Waals surface area contributed by atoms with E-state index in [-0.39, 0.29) is 0 Å². The molecule has 0 bridgehead atoms. The van der Waals surface area contributed by atoms with Crippen LogP contribution in [-0.4, -0.2) is 30.7 Å². The van der Waals surface area contributed by atoms with Crippen LogP contribution in [0, 0.1) is 17.2 Å². The Labute approximate surface area is 114 Å². The third kappa shape index (κ3) is 3.05. The van der Waals surface area contributed by atoms with Crippen LogP contribution in [0.15, 0.2) is 18.3 Å². The lowest BCUT2D eigenvalue weighted by Gasteiger charge is -2.27. The van der Waals surface area contributed by atoms with Crippen LogP contribution in [0.1, 0.15) is 31.2 Å². The summed E-state index contributed by atoms with van der Waals surface area (Å²) in [6, 6.07) is 6.52. The van der Waals surface area contributed by atoms with Crippen molar-refractivity contribution >= 4 is 5.82 Å². The summed E-state index contributed by atoms with van der Waals surface area (Å²) < 4.78 is 0. The first kappa shape index (κ1) is 12.4. The average molecular weight is 256 g/mol. The monoisotopic (exact) mass is 256 g/mol. The topological polar surface area (TPSA) is 52.0 Å². The molecule has 1 aliphatic carbocycles. The second-order valence-corrected chi connectivity index (χ2v) is 5.63. The molecule has 2 heterocycles. The van der Waals surface area contributed by atoms with Crippen molar-refractivity contribution in [3.05, 3.63) is 23.9 Å². The van der Waals surface area contributed by atoms with Gasteiger partial charge < -0.3 is 10.2 Å². The van der Waals surface area contributed by atoms with Crippen LogP contribution < -0.4 is 10.2 Å². The zero-order valence-corrected chi connectivity index (χ0v) is 11.2. The van der Waals surface area contributed by atoms with Crippen LogP contribution in [-0.2, 0) is 0 Å². The van der Waals surface area contributed by atoms with Crippen molar-refractivity contribution in [3.63, 3.8) is 0 Å². The summed E-state index contributed by atoms with van der Waals surface area (Å²) in [4.78, 5) is 6.77. The van der Waals surface area contributed by atoms with E-state index in [9.17, 15) is 5.26 Å². The largest absolute Gasteiger partial charge is 0.354 e. The number of hydrogen-bond acceptors (Lipinski definition) is 4. The molecule has 1 unspecified atom stereocenters. The number of nitrogens with one attached hydrogen (secondary N) is 1. The van der Waals surface area contributed by atoms with Gasteiger partial charge in [-0.1, -0.05) is 0 Å². The summed E-state index contributed by atoms with van der Waals surface area (Å²) in [5.41, 5.74) is 0.696. The fraction of sp³-hybridized carbons (Fsp3) is 0.600. The summed E-state index contributed by atoms with van der Waals surface area (Å²) in [6.07, 6.45) is 6.93. The Morgan fingerprint density at radius 1 is 1.37 bits per heavy atom. The van der Waals surface area contributed by atoms with Gasteiger partial charge in [0, 0.05) is 25.3 Å². The molecule has 3 rings (SSSR count). The minimum absolute atomic E-state index is 0.548. The molecule has 1 atom stereocenters. The van der Waals surface area contributed by atoms with Gasteiger partial charge in [-0.3, -0.25) is 0 Å². The van der Waals surface area contributed by atoms with E-state index in [0.29, 0.717) is 11.6 Å². The van der Waals surface area contributed by atoms with E-state index in [1.807, 2.05) is 12.1 Å². The Morgan fingerprint density at radius 3 is 2.95 bits per heavy atom. The molecule has 0 amide bonds. The van der Waals surface area contributed by atoms with Gasteiger partial charge in [-0.05, 0) is 50.3 Å². The lowest BCUT2D eigenvalue weighted by atomic mass is 10.2. The maximum Gasteiger partial charge on any atom is 0.146 e. The summed E-state index contributed by atoms with van der Waals surface area (Å²) in [5, 5.41) is 12.8. The second-order valence-electron chi connectivity index (χ2n) is 5.63. The molecule has 1 aromatic rings. The number of hydrogen-bond donors (Lipinski definition) is 1. The molecule has 0 radical (unpaired) electrons. The van der Waals surface area contributed by atoms with Crippen LogP contribution in [0.25, 0.3) is 0 Å². The molecule has 19 heavy (non-hydrogen) atoms. The predicted octanol–water partition coefficient (Wildman–Crippen LogP) is 1.92. The molecule has 2 aliphatic rings. The molecule has 2 fully saturated rings. The minimum Gasteiger partial charge on any atom is -0.354 e. The molecule has 100 valence electrons. The highest BCUT2D eigenvalue weighted by Gasteiger charge is 2.28. The van der Waals surface area contributed by atoms with Crippen molar-refractivity contribution < 1.29 is 0 Å². The van der Waals surface area contributed by atoms with Gasteiger partial charge in [-0.2, -0.15) is 5.26 Å². The van der Waals surface area contributed by atoms with Gasteiger partial charge in [-0.15, -0.1) is 0 Å². The molecule has 1 saturated carbocycles. The molecular weight excluding hydrogens is 236 g/mol. The van der Waals surface area contributed by atoms with E-state index in [1.165, 1.54) is 25.7 Å². The van der Waals surface area contributed by atoms with Crippen molar-refractivity contribution in [1.82, 2.24) is 10.3 Å². The van der Waals surface area contributed by atoms with Gasteiger partial charge in [0.05, 0.1) is 5.56 Å². The molecule has 4 nitrogen and oxygen atoms in total. The zero-order chi connectivity index (χ0) is 13.1. The second kappa shape index (κ2) is 5.58. The highest BCUT2D eigenvalue weighted by Crippen LogP contribution is 2.32. The molecule has 1 saturated heterocycles. The third-order valence-corrected chi connectivity index (χ3v) is 3.99. The highest BCUT2D eigenvalue weighted by atomic mass is 15.2. The molecule has 1 aliphatic heterocycles. The summed E-state index contributed by atoms with van der Waals surface area (Å²) >= 11 is 0. The Balaban J connectivity index is 1.78. The fourth-order valence-electron chi connectivity index (χ4n) is 2.77. The SMILES string of the molecule is N#Cc1cccnc1N(CC1CC1)CC1CCCN1. The molecular formula is C15H20N4. The third-order valence-electron chi connectivity index (χ3n) is 3.99. The number of nitrogens with zero attached hydrogens (tertiary/aromatic N) is 3. The minimum atomic E-state index is 0.548. The standard InChI is InChI=1S/C15H20N4/c16-9-13-3-1-8-18-15(13)19(10-12-5-6-12)11-14-4-2-7-17-14/h1,3,8,12,14,17H,2,4-7,10-11H2. The number of aromatic nitrogens is 1. The van der Waals surface area contributed by atoms with E-state index in [0.717, 1.165) is 31.4 Å². The van der Waals surface area contributed by atoms with Gasteiger partial charge in [0.2, 0.25) is 0 Å². The van der Waals surface area contributed by atoms with Crippen LogP contribution >= 0.6 is 0 Å². The van der Waals surface area contributed by atoms with Crippen molar-refractivity contribution in [2.24, 2.45) is 5.92 Å². The Bertz CT molecular complexity index is 469. The van der Waals surface area contributed by atoms with Crippen molar-refractivity contribution in [1.29, 1.82) is 5.26 Å². The Kier molecular flexibility index (Phi) is 3.65.